The second-order valence-corrected chi connectivity index (χ2v) is 4.88. The van der Waals surface area contributed by atoms with Gasteiger partial charge in [-0.25, -0.2) is 4.98 Å². The van der Waals surface area contributed by atoms with Crippen molar-refractivity contribution in [3.63, 3.8) is 0 Å². The standard InChI is InChI=1S/C15H22N4/c1-4-10-19-11-9-17-15(19)12-18(3)13(2)14-7-5-6-8-16-14/h5-9,11,13H,4,10,12H2,1-3H3. The quantitative estimate of drug-likeness (QED) is 0.799. The van der Waals surface area contributed by atoms with Crippen molar-refractivity contribution in [2.24, 2.45) is 0 Å². The Morgan fingerprint density at radius 3 is 2.79 bits per heavy atom. The number of rotatable bonds is 6. The molecule has 19 heavy (non-hydrogen) atoms. The molecule has 0 aliphatic rings. The molecule has 4 nitrogen and oxygen atoms in total. The van der Waals surface area contributed by atoms with E-state index >= 15 is 0 Å². The first-order valence-electron chi connectivity index (χ1n) is 6.83. The van der Waals surface area contributed by atoms with E-state index in [1.54, 1.807) is 0 Å². The highest BCUT2D eigenvalue weighted by Crippen LogP contribution is 2.17. The molecule has 0 bridgehead atoms. The highest BCUT2D eigenvalue weighted by atomic mass is 15.2. The maximum Gasteiger partial charge on any atom is 0.122 e. The predicted octanol–water partition coefficient (Wildman–Crippen LogP) is 2.88. The molecule has 2 aromatic heterocycles. The molecule has 0 saturated carbocycles. The van der Waals surface area contributed by atoms with Crippen LogP contribution in [-0.2, 0) is 13.1 Å². The van der Waals surface area contributed by atoms with Gasteiger partial charge in [-0.3, -0.25) is 9.88 Å². The van der Waals surface area contributed by atoms with Gasteiger partial charge in [0.15, 0.2) is 0 Å². The molecule has 4 heteroatoms. The summed E-state index contributed by atoms with van der Waals surface area (Å²) >= 11 is 0. The van der Waals surface area contributed by atoms with E-state index in [0.717, 1.165) is 31.0 Å². The Balaban J connectivity index is 2.04. The first kappa shape index (κ1) is 13.7. The monoisotopic (exact) mass is 258 g/mol. The van der Waals surface area contributed by atoms with Gasteiger partial charge >= 0.3 is 0 Å². The van der Waals surface area contributed by atoms with Crippen molar-refractivity contribution in [2.45, 2.75) is 39.4 Å². The Kier molecular flexibility index (Phi) is 4.68. The first-order valence-corrected chi connectivity index (χ1v) is 6.83. The van der Waals surface area contributed by atoms with E-state index in [4.69, 9.17) is 0 Å². The summed E-state index contributed by atoms with van der Waals surface area (Å²) in [7, 11) is 2.12. The molecule has 0 aliphatic heterocycles. The lowest BCUT2D eigenvalue weighted by Crippen LogP contribution is -2.24. The number of aromatic nitrogens is 3. The molecule has 0 spiro atoms. The molecule has 1 unspecified atom stereocenters. The van der Waals surface area contributed by atoms with Crippen LogP contribution < -0.4 is 0 Å². The second kappa shape index (κ2) is 6.48. The largest absolute Gasteiger partial charge is 0.334 e. The number of aryl methyl sites for hydroxylation is 1. The Bertz CT molecular complexity index is 492. The summed E-state index contributed by atoms with van der Waals surface area (Å²) in [6.45, 7) is 6.23. The third-order valence-corrected chi connectivity index (χ3v) is 3.43. The van der Waals surface area contributed by atoms with Crippen LogP contribution in [0.4, 0.5) is 0 Å². The summed E-state index contributed by atoms with van der Waals surface area (Å²) < 4.78 is 2.22. The van der Waals surface area contributed by atoms with Gasteiger partial charge in [-0.05, 0) is 32.5 Å². The van der Waals surface area contributed by atoms with Crippen LogP contribution in [0.25, 0.3) is 0 Å². The van der Waals surface area contributed by atoms with Gasteiger partial charge in [0.05, 0.1) is 12.2 Å². The summed E-state index contributed by atoms with van der Waals surface area (Å²) in [5, 5.41) is 0. The van der Waals surface area contributed by atoms with Crippen molar-refractivity contribution in [1.82, 2.24) is 19.4 Å². The molecule has 0 amide bonds. The lowest BCUT2D eigenvalue weighted by molar-refractivity contribution is 0.239. The number of hydrogen-bond acceptors (Lipinski definition) is 3. The number of hydrogen-bond donors (Lipinski definition) is 0. The molecule has 1 atom stereocenters. The highest BCUT2D eigenvalue weighted by Gasteiger charge is 2.14. The summed E-state index contributed by atoms with van der Waals surface area (Å²) in [6.07, 6.45) is 6.91. The van der Waals surface area contributed by atoms with Crippen molar-refractivity contribution in [3.8, 4) is 0 Å². The van der Waals surface area contributed by atoms with Crippen molar-refractivity contribution >= 4 is 0 Å². The fourth-order valence-corrected chi connectivity index (χ4v) is 2.15. The van der Waals surface area contributed by atoms with Crippen LogP contribution in [0.15, 0.2) is 36.8 Å². The normalized spacial score (nSPS) is 12.8. The van der Waals surface area contributed by atoms with E-state index in [9.17, 15) is 0 Å². The molecule has 0 N–H and O–H groups in total. The molecular weight excluding hydrogens is 236 g/mol. The van der Waals surface area contributed by atoms with Crippen LogP contribution in [0.1, 0.15) is 37.8 Å². The van der Waals surface area contributed by atoms with Crippen LogP contribution in [-0.4, -0.2) is 26.5 Å². The minimum atomic E-state index is 0.285. The molecule has 0 radical (unpaired) electrons. The van der Waals surface area contributed by atoms with Crippen molar-refractivity contribution in [1.29, 1.82) is 0 Å². The Morgan fingerprint density at radius 2 is 2.11 bits per heavy atom. The average molecular weight is 258 g/mol. The van der Waals surface area contributed by atoms with E-state index in [0.29, 0.717) is 0 Å². The number of nitrogens with zero attached hydrogens (tertiary/aromatic N) is 4. The average Bonchev–Trinajstić information content (AvgIpc) is 2.86. The van der Waals surface area contributed by atoms with E-state index in [-0.39, 0.29) is 6.04 Å². The fourth-order valence-electron chi connectivity index (χ4n) is 2.15. The molecule has 0 aromatic carbocycles. The number of imidazole rings is 1. The molecule has 102 valence electrons. The SMILES string of the molecule is CCCn1ccnc1CN(C)C(C)c1ccccn1. The number of pyridine rings is 1. The van der Waals surface area contributed by atoms with E-state index in [2.05, 4.69) is 52.6 Å². The van der Waals surface area contributed by atoms with Gasteiger partial charge in [-0.15, -0.1) is 0 Å². The Hall–Kier alpha value is -1.68. The van der Waals surface area contributed by atoms with E-state index in [1.165, 1.54) is 0 Å². The molecule has 2 aromatic rings. The lowest BCUT2D eigenvalue weighted by atomic mass is 10.2. The van der Waals surface area contributed by atoms with Gasteiger partial charge < -0.3 is 4.57 Å². The zero-order valence-corrected chi connectivity index (χ0v) is 12.0. The van der Waals surface area contributed by atoms with E-state index < -0.39 is 0 Å². The van der Waals surface area contributed by atoms with Crippen LogP contribution in [0.5, 0.6) is 0 Å². The van der Waals surface area contributed by atoms with Crippen molar-refractivity contribution in [2.75, 3.05) is 7.05 Å². The van der Waals surface area contributed by atoms with Gasteiger partial charge in [-0.1, -0.05) is 13.0 Å². The Morgan fingerprint density at radius 1 is 1.26 bits per heavy atom. The second-order valence-electron chi connectivity index (χ2n) is 4.88. The van der Waals surface area contributed by atoms with Gasteiger partial charge in [0.25, 0.3) is 0 Å². The summed E-state index contributed by atoms with van der Waals surface area (Å²) in [6, 6.07) is 6.34. The summed E-state index contributed by atoms with van der Waals surface area (Å²) in [5.74, 6) is 1.12. The van der Waals surface area contributed by atoms with Crippen molar-refractivity contribution in [3.05, 3.63) is 48.3 Å². The Labute approximate surface area is 115 Å². The van der Waals surface area contributed by atoms with Gasteiger partial charge in [0, 0.05) is 31.2 Å². The summed E-state index contributed by atoms with van der Waals surface area (Å²) in [4.78, 5) is 11.1. The minimum Gasteiger partial charge on any atom is -0.334 e. The predicted molar refractivity (Wildman–Crippen MR) is 76.6 cm³/mol. The van der Waals surface area contributed by atoms with Crippen LogP contribution in [0, 0.1) is 0 Å². The van der Waals surface area contributed by atoms with Crippen LogP contribution >= 0.6 is 0 Å². The maximum absolute atomic E-state index is 4.45. The van der Waals surface area contributed by atoms with Gasteiger partial charge in [0.1, 0.15) is 5.82 Å². The first-order chi connectivity index (χ1) is 9.22. The zero-order valence-electron chi connectivity index (χ0n) is 12.0. The van der Waals surface area contributed by atoms with Gasteiger partial charge in [0.2, 0.25) is 0 Å². The fraction of sp³-hybridized carbons (Fsp3) is 0.467. The summed E-state index contributed by atoms with van der Waals surface area (Å²) in [5.41, 5.74) is 1.10. The van der Waals surface area contributed by atoms with Crippen LogP contribution in [0.3, 0.4) is 0 Å². The maximum atomic E-state index is 4.45. The highest BCUT2D eigenvalue weighted by molar-refractivity contribution is 5.08. The third kappa shape index (κ3) is 3.41. The van der Waals surface area contributed by atoms with E-state index in [1.807, 2.05) is 24.5 Å². The van der Waals surface area contributed by atoms with Crippen LogP contribution in [0.2, 0.25) is 0 Å². The van der Waals surface area contributed by atoms with Crippen molar-refractivity contribution < 1.29 is 0 Å². The molecule has 2 heterocycles. The molecule has 0 aliphatic carbocycles. The minimum absolute atomic E-state index is 0.285. The smallest absolute Gasteiger partial charge is 0.122 e. The zero-order chi connectivity index (χ0) is 13.7. The molecule has 2 rings (SSSR count). The molecule has 0 saturated heterocycles. The molecule has 0 fully saturated rings. The topological polar surface area (TPSA) is 34.0 Å². The lowest BCUT2D eigenvalue weighted by Gasteiger charge is -2.24. The van der Waals surface area contributed by atoms with Gasteiger partial charge in [-0.2, -0.15) is 0 Å². The molecular formula is C15H22N4. The third-order valence-electron chi connectivity index (χ3n) is 3.43.